The van der Waals surface area contributed by atoms with Gasteiger partial charge in [-0.1, -0.05) is 51.5 Å². The van der Waals surface area contributed by atoms with E-state index in [-0.39, 0.29) is 6.10 Å². The molecule has 0 aliphatic heterocycles. The molecular formula is C22H31N2O2P. The van der Waals surface area contributed by atoms with Crippen LogP contribution in [0.5, 0.6) is 0 Å². The van der Waals surface area contributed by atoms with E-state index in [1.807, 2.05) is 42.5 Å². The standard InChI is InChI=1S/C22H31N2O2P/c1-17(2)21-12-11-18(3)14-22(21)26-27(25,20-9-5-4-6-10-20)24-16-19-8-7-13-23-15-19/h4-10,13,15,17-18,21-22H,11-12,14,16H2,1-3H3,(H,24,25)/t18-,21-,22+,27+/m1/s1. The first-order chi connectivity index (χ1) is 13.0. The topological polar surface area (TPSA) is 51.2 Å². The highest BCUT2D eigenvalue weighted by Gasteiger charge is 2.37. The van der Waals surface area contributed by atoms with E-state index in [9.17, 15) is 4.57 Å². The van der Waals surface area contributed by atoms with Crippen LogP contribution >= 0.6 is 7.52 Å². The van der Waals surface area contributed by atoms with E-state index in [1.54, 1.807) is 12.4 Å². The Morgan fingerprint density at radius 2 is 1.96 bits per heavy atom. The number of aromatic nitrogens is 1. The zero-order valence-electron chi connectivity index (χ0n) is 16.5. The monoisotopic (exact) mass is 386 g/mol. The van der Waals surface area contributed by atoms with Crippen molar-refractivity contribution in [2.75, 3.05) is 0 Å². The van der Waals surface area contributed by atoms with Crippen molar-refractivity contribution in [3.8, 4) is 0 Å². The first kappa shape index (κ1) is 20.3. The lowest BCUT2D eigenvalue weighted by atomic mass is 9.75. The molecule has 0 bridgehead atoms. The zero-order valence-corrected chi connectivity index (χ0v) is 17.4. The molecule has 0 unspecified atom stereocenters. The average molecular weight is 386 g/mol. The summed E-state index contributed by atoms with van der Waals surface area (Å²) in [5.41, 5.74) is 0.995. The summed E-state index contributed by atoms with van der Waals surface area (Å²) in [5.74, 6) is 1.57. The van der Waals surface area contributed by atoms with Crippen molar-refractivity contribution in [2.24, 2.45) is 17.8 Å². The minimum Gasteiger partial charge on any atom is -0.311 e. The molecule has 4 nitrogen and oxygen atoms in total. The Morgan fingerprint density at radius 1 is 1.19 bits per heavy atom. The normalized spacial score (nSPS) is 25.3. The van der Waals surface area contributed by atoms with Crippen LogP contribution in [0.15, 0.2) is 54.9 Å². The molecular weight excluding hydrogens is 355 g/mol. The highest BCUT2D eigenvalue weighted by Crippen LogP contribution is 2.48. The second-order valence-corrected chi connectivity index (χ2v) is 10.2. The van der Waals surface area contributed by atoms with Gasteiger partial charge < -0.3 is 4.52 Å². The van der Waals surface area contributed by atoms with Crippen LogP contribution in [0, 0.1) is 17.8 Å². The van der Waals surface area contributed by atoms with Gasteiger partial charge in [-0.05, 0) is 54.4 Å². The van der Waals surface area contributed by atoms with Gasteiger partial charge in [0.05, 0.1) is 11.4 Å². The van der Waals surface area contributed by atoms with Crippen LogP contribution in [-0.4, -0.2) is 11.1 Å². The van der Waals surface area contributed by atoms with Gasteiger partial charge in [0, 0.05) is 18.9 Å². The van der Waals surface area contributed by atoms with Crippen LogP contribution < -0.4 is 10.4 Å². The Kier molecular flexibility index (Phi) is 6.86. The molecule has 1 aliphatic carbocycles. The Balaban J connectivity index is 1.84. The maximum atomic E-state index is 14.0. The molecule has 1 fully saturated rings. The van der Waals surface area contributed by atoms with Crippen molar-refractivity contribution in [3.63, 3.8) is 0 Å². The van der Waals surface area contributed by atoms with Gasteiger partial charge in [-0.2, -0.15) is 0 Å². The molecule has 1 heterocycles. The van der Waals surface area contributed by atoms with Crippen molar-refractivity contribution >= 4 is 12.8 Å². The van der Waals surface area contributed by atoms with Crippen molar-refractivity contribution < 1.29 is 9.09 Å². The van der Waals surface area contributed by atoms with E-state index in [0.717, 1.165) is 23.7 Å². The Morgan fingerprint density at radius 3 is 2.63 bits per heavy atom. The van der Waals surface area contributed by atoms with Gasteiger partial charge >= 0.3 is 0 Å². The molecule has 1 N–H and O–H groups in total. The van der Waals surface area contributed by atoms with Crippen molar-refractivity contribution in [3.05, 3.63) is 60.4 Å². The number of hydrogen-bond donors (Lipinski definition) is 1. The van der Waals surface area contributed by atoms with E-state index in [0.29, 0.717) is 24.3 Å². The molecule has 1 aromatic heterocycles. The van der Waals surface area contributed by atoms with E-state index in [4.69, 9.17) is 4.52 Å². The lowest BCUT2D eigenvalue weighted by Crippen LogP contribution is -2.36. The van der Waals surface area contributed by atoms with Crippen molar-refractivity contribution in [1.82, 2.24) is 10.1 Å². The van der Waals surface area contributed by atoms with Crippen LogP contribution in [0.25, 0.3) is 0 Å². The van der Waals surface area contributed by atoms with Crippen molar-refractivity contribution in [1.29, 1.82) is 0 Å². The Labute approximate surface area is 163 Å². The van der Waals surface area contributed by atoms with E-state index in [2.05, 4.69) is 30.8 Å². The number of pyridine rings is 1. The summed E-state index contributed by atoms with van der Waals surface area (Å²) < 4.78 is 20.4. The summed E-state index contributed by atoms with van der Waals surface area (Å²) in [6.45, 7) is 7.22. The maximum absolute atomic E-state index is 14.0. The molecule has 4 atom stereocenters. The molecule has 3 rings (SSSR count). The van der Waals surface area contributed by atoms with Gasteiger partial charge in [-0.15, -0.1) is 0 Å². The second kappa shape index (κ2) is 9.14. The Hall–Kier alpha value is -1.48. The summed E-state index contributed by atoms with van der Waals surface area (Å²) in [6, 6.07) is 13.4. The summed E-state index contributed by atoms with van der Waals surface area (Å²) >= 11 is 0. The highest BCUT2D eigenvalue weighted by molar-refractivity contribution is 7.65. The van der Waals surface area contributed by atoms with Crippen LogP contribution in [0.2, 0.25) is 0 Å². The molecule has 1 aromatic carbocycles. The van der Waals surface area contributed by atoms with Crippen LogP contribution in [0.1, 0.15) is 45.6 Å². The molecule has 1 aliphatic rings. The van der Waals surface area contributed by atoms with Gasteiger partial charge in [-0.3, -0.25) is 9.55 Å². The quantitative estimate of drug-likeness (QED) is 0.667. The highest BCUT2D eigenvalue weighted by atomic mass is 31.2. The molecule has 27 heavy (non-hydrogen) atoms. The molecule has 0 radical (unpaired) electrons. The lowest BCUT2D eigenvalue weighted by Gasteiger charge is -2.39. The zero-order chi connectivity index (χ0) is 19.3. The minimum absolute atomic E-state index is 0.0150. The van der Waals surface area contributed by atoms with E-state index < -0.39 is 7.52 Å². The predicted molar refractivity (Wildman–Crippen MR) is 111 cm³/mol. The van der Waals surface area contributed by atoms with E-state index in [1.165, 1.54) is 6.42 Å². The van der Waals surface area contributed by atoms with E-state index >= 15 is 0 Å². The first-order valence-corrected chi connectivity index (χ1v) is 11.6. The lowest BCUT2D eigenvalue weighted by molar-refractivity contribution is 0.0483. The third-order valence-corrected chi connectivity index (χ3v) is 7.68. The number of nitrogens with zero attached hydrogens (tertiary/aromatic N) is 1. The number of hydrogen-bond acceptors (Lipinski definition) is 3. The smallest absolute Gasteiger partial charge is 0.300 e. The van der Waals surface area contributed by atoms with Crippen molar-refractivity contribution in [2.45, 2.75) is 52.7 Å². The summed E-state index contributed by atoms with van der Waals surface area (Å²) in [5, 5.41) is 3.97. The van der Waals surface area contributed by atoms with Gasteiger partial charge in [0.2, 0.25) is 0 Å². The molecule has 0 spiro atoms. The summed E-state index contributed by atoms with van der Waals surface area (Å²) in [7, 11) is -3.19. The Bertz CT molecular complexity index is 751. The SMILES string of the molecule is CC(C)[C@H]1CC[C@@H](C)C[C@@H]1O[P@](=O)(NCc1cccnc1)c1ccccc1. The average Bonchev–Trinajstić information content (AvgIpc) is 2.68. The van der Waals surface area contributed by atoms with Crippen LogP contribution in [0.4, 0.5) is 0 Å². The fourth-order valence-corrected chi connectivity index (χ4v) is 5.90. The number of rotatable bonds is 7. The van der Waals surface area contributed by atoms with Gasteiger partial charge in [-0.25, -0.2) is 5.09 Å². The number of nitrogens with one attached hydrogen (secondary N) is 1. The molecule has 2 aromatic rings. The summed E-state index contributed by atoms with van der Waals surface area (Å²) in [6.07, 6.45) is 6.88. The predicted octanol–water partition coefficient (Wildman–Crippen LogP) is 5.17. The maximum Gasteiger partial charge on any atom is 0.300 e. The third-order valence-electron chi connectivity index (χ3n) is 5.56. The second-order valence-electron chi connectivity index (χ2n) is 8.05. The molecule has 1 saturated carbocycles. The molecule has 0 amide bonds. The first-order valence-electron chi connectivity index (χ1n) is 9.96. The van der Waals surface area contributed by atoms with Gasteiger partial charge in [0.25, 0.3) is 7.52 Å². The fraction of sp³-hybridized carbons (Fsp3) is 0.500. The van der Waals surface area contributed by atoms with Gasteiger partial charge in [0.15, 0.2) is 0 Å². The molecule has 0 saturated heterocycles. The summed E-state index contributed by atoms with van der Waals surface area (Å²) in [4.78, 5) is 4.15. The third kappa shape index (κ3) is 5.28. The van der Waals surface area contributed by atoms with Gasteiger partial charge in [0.1, 0.15) is 0 Å². The molecule has 146 valence electrons. The van der Waals surface area contributed by atoms with Crippen LogP contribution in [0.3, 0.4) is 0 Å². The minimum atomic E-state index is -3.19. The molecule has 5 heteroatoms. The van der Waals surface area contributed by atoms with Crippen LogP contribution in [-0.2, 0) is 15.6 Å². The fourth-order valence-electron chi connectivity index (χ4n) is 3.94. The number of benzene rings is 1. The largest absolute Gasteiger partial charge is 0.311 e.